The van der Waals surface area contributed by atoms with Gasteiger partial charge < -0.3 is 18.9 Å². The zero-order chi connectivity index (χ0) is 52.7. The SMILES string of the molecule is Cc1ccc(N(c2ccc(C)cc2)c2ccc(-n3c(-c4ccc(-c5ccccc5)cc4)cc4cc5c(cc(-c6ccc(-c7ccccc7)cc6)n5-c5ccc(N(c6ccc(C)cc6)c6ccc(C)cc6)cc5)cc43)cc2)cc1. The molecular weight excluding hydrogens is 945 g/mol. The maximum absolute atomic E-state index is 2.45. The molecule has 2 aromatic heterocycles. The summed E-state index contributed by atoms with van der Waals surface area (Å²) in [5.41, 5.74) is 25.3. The van der Waals surface area contributed by atoms with Crippen molar-refractivity contribution in [2.24, 2.45) is 0 Å². The van der Waals surface area contributed by atoms with Gasteiger partial charge in [0.25, 0.3) is 0 Å². The van der Waals surface area contributed by atoms with Gasteiger partial charge >= 0.3 is 0 Å². The third kappa shape index (κ3) is 9.24. The molecule has 4 nitrogen and oxygen atoms in total. The van der Waals surface area contributed by atoms with Crippen LogP contribution in [0.5, 0.6) is 0 Å². The molecule has 374 valence electrons. The average molecular weight is 1000 g/mol. The molecule has 4 heteroatoms. The van der Waals surface area contributed by atoms with E-state index < -0.39 is 0 Å². The molecule has 0 amide bonds. The molecule has 0 aliphatic carbocycles. The van der Waals surface area contributed by atoms with Gasteiger partial charge in [0.05, 0.1) is 22.4 Å². The largest absolute Gasteiger partial charge is 0.311 e. The van der Waals surface area contributed by atoms with Crippen LogP contribution in [-0.2, 0) is 0 Å². The predicted octanol–water partition coefficient (Wildman–Crippen LogP) is 20.4. The lowest BCUT2D eigenvalue weighted by atomic mass is 10.0. The summed E-state index contributed by atoms with van der Waals surface area (Å²) in [6, 6.07) is 102. The Morgan fingerprint density at radius 1 is 0.231 bits per heavy atom. The normalized spacial score (nSPS) is 11.3. The smallest absolute Gasteiger partial charge is 0.0542 e. The Bertz CT molecular complexity index is 3820. The van der Waals surface area contributed by atoms with Crippen molar-refractivity contribution in [1.29, 1.82) is 0 Å². The van der Waals surface area contributed by atoms with Crippen LogP contribution < -0.4 is 9.80 Å². The zero-order valence-electron chi connectivity index (χ0n) is 44.3. The highest BCUT2D eigenvalue weighted by Gasteiger charge is 2.21. The number of anilines is 6. The van der Waals surface area contributed by atoms with Crippen molar-refractivity contribution in [3.05, 3.63) is 301 Å². The minimum absolute atomic E-state index is 1.08. The monoisotopic (exact) mass is 1000 g/mol. The second-order valence-electron chi connectivity index (χ2n) is 20.6. The van der Waals surface area contributed by atoms with Crippen LogP contribution in [0.15, 0.2) is 279 Å². The minimum atomic E-state index is 1.08. The van der Waals surface area contributed by atoms with Crippen molar-refractivity contribution >= 4 is 55.9 Å². The molecule has 0 spiro atoms. The highest BCUT2D eigenvalue weighted by Crippen LogP contribution is 2.42. The van der Waals surface area contributed by atoms with Crippen molar-refractivity contribution < 1.29 is 0 Å². The third-order valence-electron chi connectivity index (χ3n) is 15.2. The summed E-state index contributed by atoms with van der Waals surface area (Å²) >= 11 is 0. The number of benzene rings is 11. The zero-order valence-corrected chi connectivity index (χ0v) is 44.3. The van der Waals surface area contributed by atoms with Gasteiger partial charge in [-0.1, -0.05) is 180 Å². The molecule has 13 aromatic rings. The van der Waals surface area contributed by atoms with Gasteiger partial charge in [0.15, 0.2) is 0 Å². The highest BCUT2D eigenvalue weighted by molar-refractivity contribution is 6.02. The molecule has 2 heterocycles. The van der Waals surface area contributed by atoms with Crippen molar-refractivity contribution in [2.75, 3.05) is 9.80 Å². The number of fused-ring (bicyclic) bond motifs is 2. The van der Waals surface area contributed by atoms with Crippen LogP contribution in [0.1, 0.15) is 22.3 Å². The molecule has 0 atom stereocenters. The first kappa shape index (κ1) is 47.8. The molecule has 0 N–H and O–H groups in total. The second-order valence-corrected chi connectivity index (χ2v) is 20.6. The fraction of sp³-hybridized carbons (Fsp3) is 0.0541. The standard InChI is InChI=1S/C74H58N4/c1-51-15-31-63(32-16-51)75(64-33-17-52(2)18-34-64)67-39-43-69(44-40-67)77-71(59-27-23-57(24-28-59)55-11-7-5-8-12-55)47-61-50-74-62(49-73(61)77)48-72(60-29-25-58(26-30-60)56-13-9-6-10-14-56)78(74)70-45-41-68(42-46-70)76(65-35-19-53(3)20-36-65)66-37-21-54(4)22-38-66/h5-50H,1-4H3. The highest BCUT2D eigenvalue weighted by atomic mass is 15.1. The summed E-state index contributed by atoms with van der Waals surface area (Å²) in [5.74, 6) is 0. The molecule has 13 rings (SSSR count). The Morgan fingerprint density at radius 2 is 0.474 bits per heavy atom. The van der Waals surface area contributed by atoms with E-state index in [0.29, 0.717) is 0 Å². The molecule has 0 aliphatic rings. The molecule has 0 aliphatic heterocycles. The first-order valence-corrected chi connectivity index (χ1v) is 26.9. The average Bonchev–Trinajstić information content (AvgIpc) is 4.09. The number of aryl methyl sites for hydroxylation is 4. The van der Waals surface area contributed by atoms with E-state index in [1.807, 2.05) is 0 Å². The fourth-order valence-corrected chi connectivity index (χ4v) is 11.0. The lowest BCUT2D eigenvalue weighted by Crippen LogP contribution is -2.10. The van der Waals surface area contributed by atoms with Gasteiger partial charge in [-0.25, -0.2) is 0 Å². The fourth-order valence-electron chi connectivity index (χ4n) is 11.0. The van der Waals surface area contributed by atoms with Gasteiger partial charge in [-0.15, -0.1) is 0 Å². The van der Waals surface area contributed by atoms with E-state index >= 15 is 0 Å². The van der Waals surface area contributed by atoms with E-state index in [1.54, 1.807) is 0 Å². The summed E-state index contributed by atoms with van der Waals surface area (Å²) < 4.78 is 4.90. The van der Waals surface area contributed by atoms with Crippen LogP contribution >= 0.6 is 0 Å². The first-order chi connectivity index (χ1) is 38.3. The van der Waals surface area contributed by atoms with Crippen LogP contribution in [0.3, 0.4) is 0 Å². The maximum atomic E-state index is 2.45. The van der Waals surface area contributed by atoms with Gasteiger partial charge in [0.1, 0.15) is 0 Å². The van der Waals surface area contributed by atoms with Gasteiger partial charge in [-0.2, -0.15) is 0 Å². The van der Waals surface area contributed by atoms with Crippen molar-refractivity contribution in [1.82, 2.24) is 9.13 Å². The lowest BCUT2D eigenvalue weighted by Gasteiger charge is -2.26. The Labute approximate surface area is 457 Å². The summed E-state index contributed by atoms with van der Waals surface area (Å²) in [6.07, 6.45) is 0. The van der Waals surface area contributed by atoms with Crippen LogP contribution in [0.25, 0.3) is 77.9 Å². The number of nitrogens with zero attached hydrogens (tertiary/aromatic N) is 4. The number of hydrogen-bond acceptors (Lipinski definition) is 2. The summed E-state index contributed by atoms with van der Waals surface area (Å²) in [6.45, 7) is 8.56. The van der Waals surface area contributed by atoms with E-state index in [1.165, 1.54) is 44.5 Å². The van der Waals surface area contributed by atoms with Gasteiger partial charge in [-0.3, -0.25) is 0 Å². The van der Waals surface area contributed by atoms with E-state index in [-0.39, 0.29) is 0 Å². The number of aromatic nitrogens is 2. The molecule has 78 heavy (non-hydrogen) atoms. The minimum Gasteiger partial charge on any atom is -0.311 e. The van der Waals surface area contributed by atoms with Crippen LogP contribution in [0.4, 0.5) is 34.1 Å². The van der Waals surface area contributed by atoms with E-state index in [9.17, 15) is 0 Å². The van der Waals surface area contributed by atoms with Gasteiger partial charge in [0.2, 0.25) is 0 Å². The van der Waals surface area contributed by atoms with Crippen molar-refractivity contribution in [2.45, 2.75) is 27.7 Å². The Morgan fingerprint density at radius 3 is 0.756 bits per heavy atom. The molecule has 0 unspecified atom stereocenters. The van der Waals surface area contributed by atoms with Crippen LogP contribution in [-0.4, -0.2) is 9.13 Å². The second kappa shape index (κ2) is 20.3. The van der Waals surface area contributed by atoms with Crippen LogP contribution in [0, 0.1) is 27.7 Å². The molecule has 11 aromatic carbocycles. The summed E-state index contributed by atoms with van der Waals surface area (Å²) in [4.78, 5) is 4.68. The topological polar surface area (TPSA) is 16.3 Å². The van der Waals surface area contributed by atoms with E-state index in [4.69, 9.17) is 0 Å². The van der Waals surface area contributed by atoms with Gasteiger partial charge in [0, 0.05) is 56.3 Å². The Hall–Kier alpha value is -9.90. The van der Waals surface area contributed by atoms with Crippen molar-refractivity contribution in [3.63, 3.8) is 0 Å². The first-order valence-electron chi connectivity index (χ1n) is 26.9. The van der Waals surface area contributed by atoms with Crippen molar-refractivity contribution in [3.8, 4) is 56.1 Å². The number of hydrogen-bond donors (Lipinski definition) is 0. The molecule has 0 saturated heterocycles. The predicted molar refractivity (Wildman–Crippen MR) is 330 cm³/mol. The lowest BCUT2D eigenvalue weighted by molar-refractivity contribution is 1.13. The third-order valence-corrected chi connectivity index (χ3v) is 15.2. The Kier molecular flexibility index (Phi) is 12.5. The maximum Gasteiger partial charge on any atom is 0.0542 e. The summed E-state index contributed by atoms with van der Waals surface area (Å²) in [5, 5.41) is 2.31. The van der Waals surface area contributed by atoms with Gasteiger partial charge in [-0.05, 0) is 182 Å². The molecule has 0 radical (unpaired) electrons. The Balaban J connectivity index is 0.980. The van der Waals surface area contributed by atoms with E-state index in [2.05, 4.69) is 326 Å². The molecule has 0 fully saturated rings. The van der Waals surface area contributed by atoms with Crippen LogP contribution in [0.2, 0.25) is 0 Å². The molecule has 0 bridgehead atoms. The molecular formula is C74H58N4. The number of rotatable bonds is 12. The van der Waals surface area contributed by atoms with E-state index in [0.717, 1.165) is 89.8 Å². The molecule has 0 saturated carbocycles. The quantitative estimate of drug-likeness (QED) is 0.121. The summed E-state index contributed by atoms with van der Waals surface area (Å²) in [7, 11) is 0.